The van der Waals surface area contributed by atoms with Crippen LogP contribution >= 0.6 is 0 Å². The SMILES string of the molecule is Cc1cc(Nc2ncnc3cnc(N4CC5CC4CN5C=O)nc23)ccc1Oc1ccc2c(c1)nnn2C. The van der Waals surface area contributed by atoms with Crippen molar-refractivity contribution in [2.45, 2.75) is 25.4 Å². The molecule has 12 heteroatoms. The van der Waals surface area contributed by atoms with Crippen molar-refractivity contribution < 1.29 is 9.53 Å². The third-order valence-electron chi connectivity index (χ3n) is 7.29. The van der Waals surface area contributed by atoms with Crippen LogP contribution in [0.15, 0.2) is 48.9 Å². The average molecular weight is 509 g/mol. The maximum atomic E-state index is 11.3. The van der Waals surface area contributed by atoms with Gasteiger partial charge in [-0.2, -0.15) is 0 Å². The van der Waals surface area contributed by atoms with Crippen LogP contribution in [0.4, 0.5) is 17.5 Å². The van der Waals surface area contributed by atoms with Gasteiger partial charge < -0.3 is 19.9 Å². The van der Waals surface area contributed by atoms with Crippen LogP contribution in [-0.4, -0.2) is 71.4 Å². The zero-order valence-electron chi connectivity index (χ0n) is 20.8. The number of rotatable bonds is 6. The van der Waals surface area contributed by atoms with Crippen LogP contribution in [0.1, 0.15) is 12.0 Å². The lowest BCUT2D eigenvalue weighted by Gasteiger charge is -2.32. The van der Waals surface area contributed by atoms with E-state index in [9.17, 15) is 4.79 Å². The normalized spacial score (nSPS) is 18.5. The summed E-state index contributed by atoms with van der Waals surface area (Å²) in [6, 6.07) is 12.0. The van der Waals surface area contributed by atoms with Gasteiger partial charge in [-0.15, -0.1) is 5.10 Å². The number of ether oxygens (including phenoxy) is 1. The topological polar surface area (TPSA) is 127 Å². The lowest BCUT2D eigenvalue weighted by atomic mass is 10.2. The standard InChI is InChI=1S/C26H24N10O2/c1-15-7-16(3-6-23(15)38-19-4-5-22-20(9-19)32-33-34(22)2)30-25-24-21(28-13-29-25)10-27-26(31-24)36-12-17-8-18(36)11-35(17)14-37/h3-7,9-10,13-14,17-18H,8,11-12H2,1-2H3,(H,28,29,30). The minimum absolute atomic E-state index is 0.215. The molecule has 7 rings (SSSR count). The quantitative estimate of drug-likeness (QED) is 0.342. The highest BCUT2D eigenvalue weighted by atomic mass is 16.5. The first-order valence-electron chi connectivity index (χ1n) is 12.4. The first kappa shape index (κ1) is 22.3. The molecule has 0 radical (unpaired) electrons. The van der Waals surface area contributed by atoms with Gasteiger partial charge in [0.05, 0.1) is 23.8 Å². The van der Waals surface area contributed by atoms with E-state index in [0.29, 0.717) is 35.1 Å². The molecule has 38 heavy (non-hydrogen) atoms. The molecule has 2 aliphatic rings. The fraction of sp³-hybridized carbons (Fsp3) is 0.269. The van der Waals surface area contributed by atoms with Gasteiger partial charge in [0.2, 0.25) is 12.4 Å². The van der Waals surface area contributed by atoms with E-state index in [0.717, 1.165) is 47.4 Å². The van der Waals surface area contributed by atoms with E-state index in [1.165, 1.54) is 6.33 Å². The molecule has 190 valence electrons. The molecule has 2 bridgehead atoms. The number of piperazine rings is 1. The summed E-state index contributed by atoms with van der Waals surface area (Å²) in [5, 5.41) is 11.6. The number of carbonyl (C=O) groups is 1. The largest absolute Gasteiger partial charge is 0.457 e. The third-order valence-corrected chi connectivity index (χ3v) is 7.29. The van der Waals surface area contributed by atoms with Crippen molar-refractivity contribution in [2.24, 2.45) is 7.05 Å². The summed E-state index contributed by atoms with van der Waals surface area (Å²) in [5.41, 5.74) is 4.82. The molecule has 0 aliphatic carbocycles. The maximum Gasteiger partial charge on any atom is 0.226 e. The van der Waals surface area contributed by atoms with Crippen molar-refractivity contribution in [3.05, 3.63) is 54.5 Å². The van der Waals surface area contributed by atoms with E-state index in [4.69, 9.17) is 9.72 Å². The molecule has 5 heterocycles. The second-order valence-corrected chi connectivity index (χ2v) is 9.69. The van der Waals surface area contributed by atoms with Crippen LogP contribution in [-0.2, 0) is 11.8 Å². The van der Waals surface area contributed by atoms with Gasteiger partial charge in [0.15, 0.2) is 5.82 Å². The lowest BCUT2D eigenvalue weighted by Crippen LogP contribution is -2.46. The number of benzene rings is 2. The Balaban J connectivity index is 1.13. The van der Waals surface area contributed by atoms with E-state index in [2.05, 4.69) is 35.5 Å². The molecule has 12 nitrogen and oxygen atoms in total. The second-order valence-electron chi connectivity index (χ2n) is 9.69. The number of amides is 1. The molecule has 3 aromatic heterocycles. The maximum absolute atomic E-state index is 11.3. The van der Waals surface area contributed by atoms with E-state index >= 15 is 0 Å². The lowest BCUT2D eigenvalue weighted by molar-refractivity contribution is -0.119. The highest BCUT2D eigenvalue weighted by Crippen LogP contribution is 2.34. The Morgan fingerprint density at radius 2 is 1.97 bits per heavy atom. The Morgan fingerprint density at radius 3 is 2.79 bits per heavy atom. The van der Waals surface area contributed by atoms with Gasteiger partial charge in [0, 0.05) is 31.9 Å². The van der Waals surface area contributed by atoms with Crippen molar-refractivity contribution in [1.29, 1.82) is 0 Å². The highest BCUT2D eigenvalue weighted by Gasteiger charge is 2.43. The van der Waals surface area contributed by atoms with Crippen LogP contribution in [0.5, 0.6) is 11.5 Å². The summed E-state index contributed by atoms with van der Waals surface area (Å²) in [4.78, 5) is 33.5. The predicted molar refractivity (Wildman–Crippen MR) is 140 cm³/mol. The van der Waals surface area contributed by atoms with Crippen molar-refractivity contribution in [3.8, 4) is 11.5 Å². The molecule has 2 fully saturated rings. The van der Waals surface area contributed by atoms with Crippen molar-refractivity contribution in [3.63, 3.8) is 0 Å². The van der Waals surface area contributed by atoms with Crippen molar-refractivity contribution in [2.75, 3.05) is 23.3 Å². The Labute approximate surface area is 217 Å². The van der Waals surface area contributed by atoms with Crippen molar-refractivity contribution in [1.82, 2.24) is 39.8 Å². The smallest absolute Gasteiger partial charge is 0.226 e. The number of hydrogen-bond acceptors (Lipinski definition) is 10. The number of carbonyl (C=O) groups excluding carboxylic acids is 1. The zero-order valence-corrected chi connectivity index (χ0v) is 20.8. The number of fused-ring (bicyclic) bond motifs is 4. The zero-order chi connectivity index (χ0) is 25.8. The highest BCUT2D eigenvalue weighted by molar-refractivity contribution is 5.87. The number of likely N-dealkylation sites (tertiary alicyclic amines) is 1. The molecule has 5 aromatic rings. The Bertz CT molecular complexity index is 1700. The number of anilines is 3. The summed E-state index contributed by atoms with van der Waals surface area (Å²) in [6.45, 7) is 3.42. The summed E-state index contributed by atoms with van der Waals surface area (Å²) in [7, 11) is 1.86. The Hall–Kier alpha value is -4.87. The monoisotopic (exact) mass is 508 g/mol. The summed E-state index contributed by atoms with van der Waals surface area (Å²) < 4.78 is 7.86. The molecule has 0 saturated carbocycles. The predicted octanol–water partition coefficient (Wildman–Crippen LogP) is 2.97. The van der Waals surface area contributed by atoms with E-state index in [1.54, 1.807) is 10.9 Å². The number of nitrogens with one attached hydrogen (secondary N) is 1. The molecule has 1 N–H and O–H groups in total. The summed E-state index contributed by atoms with van der Waals surface area (Å²) >= 11 is 0. The number of aryl methyl sites for hydroxylation is 2. The van der Waals surface area contributed by atoms with Crippen LogP contribution in [0.25, 0.3) is 22.1 Å². The summed E-state index contributed by atoms with van der Waals surface area (Å²) in [5.74, 6) is 2.66. The molecule has 2 saturated heterocycles. The van der Waals surface area contributed by atoms with Crippen LogP contribution in [0.2, 0.25) is 0 Å². The molecule has 2 unspecified atom stereocenters. The van der Waals surface area contributed by atoms with E-state index < -0.39 is 0 Å². The molecular formula is C26H24N10O2. The minimum Gasteiger partial charge on any atom is -0.457 e. The van der Waals surface area contributed by atoms with Crippen LogP contribution in [0, 0.1) is 6.92 Å². The first-order valence-corrected chi connectivity index (χ1v) is 12.4. The molecule has 2 atom stereocenters. The minimum atomic E-state index is 0.215. The average Bonchev–Trinajstić information content (AvgIpc) is 3.64. The number of nitrogens with zero attached hydrogens (tertiary/aromatic N) is 9. The Morgan fingerprint density at radius 1 is 1.05 bits per heavy atom. The first-order chi connectivity index (χ1) is 18.6. The Kier molecular flexibility index (Phi) is 5.06. The van der Waals surface area contributed by atoms with Crippen LogP contribution < -0.4 is 15.0 Å². The number of hydrogen-bond donors (Lipinski definition) is 1. The summed E-state index contributed by atoms with van der Waals surface area (Å²) in [6.07, 6.45) is 5.11. The van der Waals surface area contributed by atoms with Gasteiger partial charge in [0.1, 0.15) is 34.4 Å². The fourth-order valence-corrected chi connectivity index (χ4v) is 5.34. The molecule has 1 amide bonds. The molecule has 2 aliphatic heterocycles. The third kappa shape index (κ3) is 3.72. The van der Waals surface area contributed by atoms with Gasteiger partial charge >= 0.3 is 0 Å². The van der Waals surface area contributed by atoms with E-state index in [-0.39, 0.29) is 12.1 Å². The van der Waals surface area contributed by atoms with Crippen molar-refractivity contribution >= 4 is 45.9 Å². The van der Waals surface area contributed by atoms with Gasteiger partial charge in [-0.1, -0.05) is 5.21 Å². The van der Waals surface area contributed by atoms with Gasteiger partial charge in [-0.3, -0.25) is 4.79 Å². The van der Waals surface area contributed by atoms with Gasteiger partial charge in [-0.05, 0) is 49.2 Å². The van der Waals surface area contributed by atoms with Gasteiger partial charge in [-0.25, -0.2) is 24.6 Å². The molecule has 2 aromatic carbocycles. The van der Waals surface area contributed by atoms with Crippen LogP contribution in [0.3, 0.4) is 0 Å². The fourth-order valence-electron chi connectivity index (χ4n) is 5.34. The number of aromatic nitrogens is 7. The molecule has 0 spiro atoms. The molecular weight excluding hydrogens is 484 g/mol. The van der Waals surface area contributed by atoms with Gasteiger partial charge in [0.25, 0.3) is 0 Å². The van der Waals surface area contributed by atoms with E-state index in [1.807, 2.05) is 55.3 Å². The second kappa shape index (κ2) is 8.61.